The average molecular weight is 553 g/mol. The highest BCUT2D eigenvalue weighted by atomic mass is 16.6. The standard InChI is InChI=1S/C27H52O11/c1-5-26(4)24-37-21-20-35-17-16-33-13-12-31-9-8-29-6-7-30-10-11-32-14-15-34-18-19-36-22-23-38-27(28)25(2)3/h26H,2,5-24H2,1,3-4H3. The third-order valence-corrected chi connectivity index (χ3v) is 4.88. The van der Waals surface area contributed by atoms with Gasteiger partial charge in [-0.2, -0.15) is 0 Å². The van der Waals surface area contributed by atoms with Gasteiger partial charge in [0.2, 0.25) is 0 Å². The molecule has 0 fully saturated rings. The lowest BCUT2D eigenvalue weighted by molar-refractivity contribution is -0.140. The van der Waals surface area contributed by atoms with E-state index in [4.69, 9.17) is 47.4 Å². The molecule has 0 amide bonds. The fourth-order valence-electron chi connectivity index (χ4n) is 2.48. The first-order chi connectivity index (χ1) is 18.6. The molecule has 0 saturated carbocycles. The Morgan fingerprint density at radius 2 is 0.789 bits per heavy atom. The minimum atomic E-state index is -0.409. The lowest BCUT2D eigenvalue weighted by Gasteiger charge is -2.10. The lowest BCUT2D eigenvalue weighted by Crippen LogP contribution is -2.15. The van der Waals surface area contributed by atoms with Crippen LogP contribution in [0.15, 0.2) is 12.2 Å². The molecule has 0 aliphatic rings. The maximum atomic E-state index is 11.2. The van der Waals surface area contributed by atoms with Crippen molar-refractivity contribution in [1.82, 2.24) is 0 Å². The van der Waals surface area contributed by atoms with E-state index in [1.807, 2.05) is 0 Å². The van der Waals surface area contributed by atoms with E-state index in [2.05, 4.69) is 20.4 Å². The summed E-state index contributed by atoms with van der Waals surface area (Å²) in [4.78, 5) is 11.2. The minimum absolute atomic E-state index is 0.204. The Kier molecular flexibility index (Phi) is 29.5. The molecule has 0 spiro atoms. The Morgan fingerprint density at radius 1 is 0.526 bits per heavy atom. The van der Waals surface area contributed by atoms with Crippen LogP contribution in [-0.4, -0.2) is 132 Å². The summed E-state index contributed by atoms with van der Waals surface area (Å²) in [5, 5.41) is 0. The molecule has 0 heterocycles. The Labute approximate surface area is 229 Å². The topological polar surface area (TPSA) is 109 Å². The fourth-order valence-corrected chi connectivity index (χ4v) is 2.48. The molecule has 0 aromatic heterocycles. The first-order valence-corrected chi connectivity index (χ1v) is 13.6. The van der Waals surface area contributed by atoms with Crippen molar-refractivity contribution in [3.63, 3.8) is 0 Å². The molecule has 0 rings (SSSR count). The SMILES string of the molecule is C=C(C)C(=O)OCCOCCOCCOCCOCCOCCOCCOCCOCCOCC(C)CC. The summed E-state index contributed by atoms with van der Waals surface area (Å²) in [6.07, 6.45) is 1.13. The molecule has 0 bridgehead atoms. The maximum Gasteiger partial charge on any atom is 0.333 e. The van der Waals surface area contributed by atoms with Gasteiger partial charge in [-0.1, -0.05) is 26.8 Å². The van der Waals surface area contributed by atoms with Gasteiger partial charge < -0.3 is 47.4 Å². The number of esters is 1. The van der Waals surface area contributed by atoms with E-state index in [0.717, 1.165) is 13.0 Å². The van der Waals surface area contributed by atoms with Crippen LogP contribution < -0.4 is 0 Å². The monoisotopic (exact) mass is 552 g/mol. The lowest BCUT2D eigenvalue weighted by atomic mass is 10.1. The molecule has 0 aromatic rings. The van der Waals surface area contributed by atoms with E-state index in [-0.39, 0.29) is 6.61 Å². The van der Waals surface area contributed by atoms with E-state index >= 15 is 0 Å². The van der Waals surface area contributed by atoms with Crippen molar-refractivity contribution >= 4 is 5.97 Å². The van der Waals surface area contributed by atoms with Crippen molar-refractivity contribution in [2.45, 2.75) is 27.2 Å². The van der Waals surface area contributed by atoms with Gasteiger partial charge >= 0.3 is 5.97 Å². The number of hydrogen-bond acceptors (Lipinski definition) is 11. The summed E-state index contributed by atoms with van der Waals surface area (Å²) in [7, 11) is 0. The van der Waals surface area contributed by atoms with Crippen molar-refractivity contribution < 1.29 is 52.2 Å². The summed E-state index contributed by atoms with van der Waals surface area (Å²) >= 11 is 0. The number of carbonyl (C=O) groups excluding carboxylic acids is 1. The average Bonchev–Trinajstić information content (AvgIpc) is 2.91. The van der Waals surface area contributed by atoms with Gasteiger partial charge in [0.15, 0.2) is 0 Å². The first-order valence-electron chi connectivity index (χ1n) is 13.6. The number of carbonyl (C=O) groups is 1. The van der Waals surface area contributed by atoms with Gasteiger partial charge in [0.25, 0.3) is 0 Å². The van der Waals surface area contributed by atoms with Crippen LogP contribution in [0.1, 0.15) is 27.2 Å². The van der Waals surface area contributed by atoms with Gasteiger partial charge in [0.05, 0.1) is 112 Å². The largest absolute Gasteiger partial charge is 0.460 e. The first kappa shape index (κ1) is 36.8. The highest BCUT2D eigenvalue weighted by Crippen LogP contribution is 2.00. The second-order valence-electron chi connectivity index (χ2n) is 8.40. The van der Waals surface area contributed by atoms with E-state index in [1.165, 1.54) is 0 Å². The third kappa shape index (κ3) is 29.4. The molecule has 0 radical (unpaired) electrons. The predicted octanol–water partition coefficient (Wildman–Crippen LogP) is 2.30. The maximum absolute atomic E-state index is 11.2. The fraction of sp³-hybridized carbons (Fsp3) is 0.889. The van der Waals surface area contributed by atoms with Crippen LogP contribution in [0.4, 0.5) is 0 Å². The third-order valence-electron chi connectivity index (χ3n) is 4.88. The normalized spacial score (nSPS) is 12.1. The van der Waals surface area contributed by atoms with Gasteiger partial charge in [-0.05, 0) is 12.8 Å². The summed E-state index contributed by atoms with van der Waals surface area (Å²) in [6.45, 7) is 19.0. The van der Waals surface area contributed by atoms with Gasteiger partial charge in [0, 0.05) is 12.2 Å². The van der Waals surface area contributed by atoms with Crippen LogP contribution in [0.25, 0.3) is 0 Å². The van der Waals surface area contributed by atoms with Crippen molar-refractivity contribution in [2.24, 2.45) is 5.92 Å². The van der Waals surface area contributed by atoms with Crippen molar-refractivity contribution in [2.75, 3.05) is 126 Å². The molecular formula is C27H52O11. The van der Waals surface area contributed by atoms with Crippen LogP contribution in [0.3, 0.4) is 0 Å². The van der Waals surface area contributed by atoms with Crippen LogP contribution in [-0.2, 0) is 52.2 Å². The molecule has 0 N–H and O–H groups in total. The Hall–Kier alpha value is -1.15. The van der Waals surface area contributed by atoms with Gasteiger partial charge in [0.1, 0.15) is 6.61 Å². The Morgan fingerprint density at radius 3 is 1.05 bits per heavy atom. The summed E-state index contributed by atoms with van der Waals surface area (Å²) in [6, 6.07) is 0. The molecule has 0 aliphatic carbocycles. The molecular weight excluding hydrogens is 500 g/mol. The van der Waals surface area contributed by atoms with Crippen LogP contribution >= 0.6 is 0 Å². The van der Waals surface area contributed by atoms with Gasteiger partial charge in [-0.15, -0.1) is 0 Å². The zero-order chi connectivity index (χ0) is 27.9. The molecule has 1 unspecified atom stereocenters. The minimum Gasteiger partial charge on any atom is -0.460 e. The van der Waals surface area contributed by atoms with E-state index in [0.29, 0.717) is 124 Å². The van der Waals surface area contributed by atoms with Crippen molar-refractivity contribution in [3.8, 4) is 0 Å². The van der Waals surface area contributed by atoms with Crippen LogP contribution in [0.2, 0.25) is 0 Å². The molecule has 0 saturated heterocycles. The molecule has 11 nitrogen and oxygen atoms in total. The summed E-state index contributed by atoms with van der Waals surface area (Å²) in [5.41, 5.74) is 0.373. The quantitative estimate of drug-likeness (QED) is 0.0718. The van der Waals surface area contributed by atoms with Crippen molar-refractivity contribution in [1.29, 1.82) is 0 Å². The molecule has 38 heavy (non-hydrogen) atoms. The molecule has 11 heteroatoms. The van der Waals surface area contributed by atoms with E-state index in [1.54, 1.807) is 6.92 Å². The number of ether oxygens (including phenoxy) is 10. The summed E-state index contributed by atoms with van der Waals surface area (Å²) in [5.74, 6) is 0.187. The van der Waals surface area contributed by atoms with Crippen molar-refractivity contribution in [3.05, 3.63) is 12.2 Å². The van der Waals surface area contributed by atoms with Gasteiger partial charge in [-0.25, -0.2) is 4.79 Å². The zero-order valence-electron chi connectivity index (χ0n) is 23.9. The molecule has 1 atom stereocenters. The Balaban J connectivity index is 3.08. The number of hydrogen-bond donors (Lipinski definition) is 0. The highest BCUT2D eigenvalue weighted by Gasteiger charge is 2.02. The smallest absolute Gasteiger partial charge is 0.333 e. The second kappa shape index (κ2) is 30.4. The Bertz CT molecular complexity index is 519. The predicted molar refractivity (Wildman–Crippen MR) is 143 cm³/mol. The van der Waals surface area contributed by atoms with Gasteiger partial charge in [-0.3, -0.25) is 0 Å². The number of rotatable bonds is 31. The molecule has 0 aromatic carbocycles. The highest BCUT2D eigenvalue weighted by molar-refractivity contribution is 5.86. The summed E-state index contributed by atoms with van der Waals surface area (Å²) < 4.78 is 53.8. The molecule has 226 valence electrons. The van der Waals surface area contributed by atoms with Crippen LogP contribution in [0, 0.1) is 5.92 Å². The zero-order valence-corrected chi connectivity index (χ0v) is 23.9. The van der Waals surface area contributed by atoms with E-state index < -0.39 is 5.97 Å². The second-order valence-corrected chi connectivity index (χ2v) is 8.40. The molecule has 0 aliphatic heterocycles. The van der Waals surface area contributed by atoms with Crippen LogP contribution in [0.5, 0.6) is 0 Å². The van der Waals surface area contributed by atoms with E-state index in [9.17, 15) is 4.79 Å².